The van der Waals surface area contributed by atoms with Crippen LogP contribution in [0.4, 0.5) is 5.69 Å². The van der Waals surface area contributed by atoms with E-state index in [1.165, 1.54) is 11.1 Å². The SMILES string of the molecule is O=C1CC2OCC=C3C[N+]4([O-])CC[C@]56c7ccccc7N1C5[C@H]2[C@H]3C[C@@H]64. The zero-order valence-electron chi connectivity index (χ0n) is 14.6. The molecule has 1 aromatic rings. The number of hydroxylamine groups is 3. The Morgan fingerprint density at radius 3 is 3.12 bits per heavy atom. The molecule has 1 amide bonds. The van der Waals surface area contributed by atoms with Gasteiger partial charge in [-0.25, -0.2) is 0 Å². The van der Waals surface area contributed by atoms with Crippen molar-refractivity contribution < 1.29 is 14.2 Å². The first-order valence-corrected chi connectivity index (χ1v) is 9.93. The van der Waals surface area contributed by atoms with Gasteiger partial charge in [-0.15, -0.1) is 0 Å². The van der Waals surface area contributed by atoms with E-state index in [2.05, 4.69) is 29.2 Å². The molecule has 4 fully saturated rings. The first kappa shape index (κ1) is 14.4. The lowest BCUT2D eigenvalue weighted by molar-refractivity contribution is -0.896. The van der Waals surface area contributed by atoms with Gasteiger partial charge in [0.2, 0.25) is 5.91 Å². The second-order valence-electron chi connectivity index (χ2n) is 9.14. The highest BCUT2D eigenvalue weighted by atomic mass is 16.6. The summed E-state index contributed by atoms with van der Waals surface area (Å²) < 4.78 is 6.10. The quantitative estimate of drug-likeness (QED) is 0.409. The molecule has 5 heteroatoms. The molecule has 0 radical (unpaired) electrons. The van der Waals surface area contributed by atoms with Gasteiger partial charge >= 0.3 is 0 Å². The summed E-state index contributed by atoms with van der Waals surface area (Å²) >= 11 is 0. The first-order valence-electron chi connectivity index (χ1n) is 9.93. The number of rotatable bonds is 0. The predicted octanol–water partition coefficient (Wildman–Crippen LogP) is 2.11. The number of piperidine rings is 2. The molecule has 5 aliphatic heterocycles. The zero-order valence-corrected chi connectivity index (χ0v) is 14.6. The minimum atomic E-state index is -0.174. The summed E-state index contributed by atoms with van der Waals surface area (Å²) in [6, 6.07) is 8.58. The maximum absolute atomic E-state index is 13.9. The van der Waals surface area contributed by atoms with E-state index in [-0.39, 0.29) is 34.2 Å². The van der Waals surface area contributed by atoms with Crippen LogP contribution in [0.2, 0.25) is 0 Å². The van der Waals surface area contributed by atoms with Gasteiger partial charge in [-0.1, -0.05) is 24.3 Å². The molecular weight excluding hydrogens is 328 g/mol. The van der Waals surface area contributed by atoms with E-state index in [0.717, 1.165) is 18.5 Å². The Balaban J connectivity index is 1.56. The summed E-state index contributed by atoms with van der Waals surface area (Å²) in [4.78, 5) is 15.3. The van der Waals surface area contributed by atoms with Gasteiger partial charge in [-0.3, -0.25) is 4.79 Å². The molecule has 1 spiro atoms. The topological polar surface area (TPSA) is 52.6 Å². The summed E-state index contributed by atoms with van der Waals surface area (Å²) in [6.07, 6.45) is 4.51. The number of para-hydroxylation sites is 1. The van der Waals surface area contributed by atoms with Crippen LogP contribution in [0.3, 0.4) is 0 Å². The highest BCUT2D eigenvalue weighted by molar-refractivity contribution is 5.99. The fraction of sp³-hybridized carbons (Fsp3) is 0.571. The van der Waals surface area contributed by atoms with Gasteiger partial charge < -0.3 is 19.5 Å². The largest absolute Gasteiger partial charge is 0.632 e. The van der Waals surface area contributed by atoms with Crippen LogP contribution in [0.5, 0.6) is 0 Å². The van der Waals surface area contributed by atoms with Crippen molar-refractivity contribution in [1.29, 1.82) is 0 Å². The molecule has 6 aliphatic rings. The van der Waals surface area contributed by atoms with Crippen molar-refractivity contribution in [3.8, 4) is 0 Å². The van der Waals surface area contributed by atoms with Crippen molar-refractivity contribution in [3.63, 3.8) is 0 Å². The second kappa shape index (κ2) is 4.24. The molecule has 1 aromatic carbocycles. The Morgan fingerprint density at radius 1 is 1.31 bits per heavy atom. The molecule has 5 heterocycles. The van der Waals surface area contributed by atoms with Crippen molar-refractivity contribution in [2.75, 3.05) is 24.6 Å². The van der Waals surface area contributed by atoms with Crippen LogP contribution in [0.25, 0.3) is 0 Å². The number of nitrogens with zero attached hydrogens (tertiary/aromatic N) is 2. The third kappa shape index (κ3) is 1.33. The maximum Gasteiger partial charge on any atom is 0.229 e. The Labute approximate surface area is 152 Å². The molecule has 0 aromatic heterocycles. The smallest absolute Gasteiger partial charge is 0.229 e. The van der Waals surface area contributed by atoms with Crippen LogP contribution in [0.15, 0.2) is 35.9 Å². The summed E-state index contributed by atoms with van der Waals surface area (Å²) in [5.74, 6) is 0.922. The molecular formula is C21H22N2O3. The van der Waals surface area contributed by atoms with Gasteiger partial charge in [0.25, 0.3) is 0 Å². The van der Waals surface area contributed by atoms with E-state index < -0.39 is 0 Å². The van der Waals surface area contributed by atoms with Gasteiger partial charge in [0.05, 0.1) is 37.1 Å². The van der Waals surface area contributed by atoms with Crippen molar-refractivity contribution in [2.45, 2.75) is 42.9 Å². The highest BCUT2D eigenvalue weighted by Gasteiger charge is 2.74. The lowest BCUT2D eigenvalue weighted by Crippen LogP contribution is -2.71. The van der Waals surface area contributed by atoms with Gasteiger partial charge in [-0.05, 0) is 23.1 Å². The predicted molar refractivity (Wildman–Crippen MR) is 95.2 cm³/mol. The van der Waals surface area contributed by atoms with Crippen LogP contribution in [-0.4, -0.2) is 48.4 Å². The molecule has 0 N–H and O–H groups in total. The maximum atomic E-state index is 13.9. The Hall–Kier alpha value is -1.69. The van der Waals surface area contributed by atoms with Crippen molar-refractivity contribution in [3.05, 3.63) is 46.7 Å². The van der Waals surface area contributed by atoms with Gasteiger partial charge in [0.1, 0.15) is 12.6 Å². The van der Waals surface area contributed by atoms with Crippen LogP contribution in [0, 0.1) is 17.0 Å². The molecule has 1 saturated carbocycles. The highest BCUT2D eigenvalue weighted by Crippen LogP contribution is 2.67. The molecule has 134 valence electrons. The van der Waals surface area contributed by atoms with E-state index in [1.54, 1.807) is 0 Å². The number of carbonyl (C=O) groups excluding carboxylic acids is 1. The average molecular weight is 350 g/mol. The number of benzene rings is 1. The average Bonchev–Trinajstić information content (AvgIpc) is 3.05. The molecule has 7 rings (SSSR count). The minimum Gasteiger partial charge on any atom is -0.632 e. The standard InChI is InChI=1S/C21H22N2O3/c24-18-10-16-19-13-9-17-21(6-7-23(17,25)11-12(13)5-8-26-16)14-3-1-2-4-15(14)22(18)20(19)21/h1-5,13,16-17,19-20H,6-11H2/t13-,16?,17-,19-,20?,21+,23?/m0/s1. The number of hydrogen-bond donors (Lipinski definition) is 0. The zero-order chi connectivity index (χ0) is 17.3. The second-order valence-corrected chi connectivity index (χ2v) is 9.14. The monoisotopic (exact) mass is 350 g/mol. The summed E-state index contributed by atoms with van der Waals surface area (Å²) in [5, 5.41) is 13.9. The number of hydrogen-bond acceptors (Lipinski definition) is 3. The molecule has 3 unspecified atom stereocenters. The lowest BCUT2D eigenvalue weighted by Gasteiger charge is -2.61. The molecule has 7 atom stereocenters. The van der Waals surface area contributed by atoms with Gasteiger partial charge in [-0.2, -0.15) is 0 Å². The summed E-state index contributed by atoms with van der Waals surface area (Å²) in [6.45, 7) is 1.87. The molecule has 5 nitrogen and oxygen atoms in total. The van der Waals surface area contributed by atoms with Crippen LogP contribution >= 0.6 is 0 Å². The fourth-order valence-electron chi connectivity index (χ4n) is 7.77. The summed E-state index contributed by atoms with van der Waals surface area (Å²) in [5.41, 5.74) is 3.46. The third-order valence-corrected chi connectivity index (χ3v) is 8.50. The molecule has 2 bridgehead atoms. The van der Waals surface area contributed by atoms with E-state index in [4.69, 9.17) is 4.74 Å². The van der Waals surface area contributed by atoms with Crippen molar-refractivity contribution in [1.82, 2.24) is 0 Å². The fourth-order valence-corrected chi connectivity index (χ4v) is 7.77. The molecule has 3 saturated heterocycles. The third-order valence-electron chi connectivity index (χ3n) is 8.50. The van der Waals surface area contributed by atoms with Crippen molar-refractivity contribution in [2.24, 2.45) is 11.8 Å². The minimum absolute atomic E-state index is 0.00175. The molecule has 1 aliphatic carbocycles. The normalized spacial score (nSPS) is 49.6. The Morgan fingerprint density at radius 2 is 2.19 bits per heavy atom. The number of fused-ring (bicyclic) bond motifs is 2. The summed E-state index contributed by atoms with van der Waals surface area (Å²) in [7, 11) is 0. The van der Waals surface area contributed by atoms with Crippen LogP contribution in [-0.2, 0) is 14.9 Å². The van der Waals surface area contributed by atoms with E-state index in [0.29, 0.717) is 38.0 Å². The van der Waals surface area contributed by atoms with E-state index >= 15 is 0 Å². The number of anilines is 1. The lowest BCUT2D eigenvalue weighted by atomic mass is 9.53. The Bertz CT molecular complexity index is 897. The number of ether oxygens (including phenoxy) is 1. The first-order chi connectivity index (χ1) is 12.6. The van der Waals surface area contributed by atoms with Gasteiger partial charge in [0, 0.05) is 24.4 Å². The molecule has 26 heavy (non-hydrogen) atoms. The number of amides is 1. The number of quaternary nitrogens is 1. The van der Waals surface area contributed by atoms with Crippen LogP contribution in [0.1, 0.15) is 24.8 Å². The Kier molecular flexibility index (Phi) is 2.34. The van der Waals surface area contributed by atoms with Gasteiger partial charge in [0.15, 0.2) is 0 Å². The number of carbonyl (C=O) groups is 1. The van der Waals surface area contributed by atoms with Crippen LogP contribution < -0.4 is 4.90 Å². The van der Waals surface area contributed by atoms with E-state index in [9.17, 15) is 10.0 Å². The van der Waals surface area contributed by atoms with E-state index in [1.807, 2.05) is 6.07 Å². The van der Waals surface area contributed by atoms with Crippen molar-refractivity contribution >= 4 is 11.6 Å².